The summed E-state index contributed by atoms with van der Waals surface area (Å²) in [5, 5.41) is 16.5. The summed E-state index contributed by atoms with van der Waals surface area (Å²) >= 11 is 0. The fourth-order valence-electron chi connectivity index (χ4n) is 4.45. The number of carbonyl (C=O) groups is 2. The number of aliphatic imine (C=N–C) groups is 1. The van der Waals surface area contributed by atoms with Crippen LogP contribution in [0.5, 0.6) is 0 Å². The van der Waals surface area contributed by atoms with E-state index in [0.29, 0.717) is 50.1 Å². The first-order chi connectivity index (χ1) is 19.3. The van der Waals surface area contributed by atoms with Gasteiger partial charge in [0, 0.05) is 62.6 Å². The van der Waals surface area contributed by atoms with Gasteiger partial charge in [-0.25, -0.2) is 18.5 Å². The zero-order valence-corrected chi connectivity index (χ0v) is 24.2. The highest BCUT2D eigenvalue weighted by Gasteiger charge is 2.34. The fourth-order valence-corrected chi connectivity index (χ4v) is 5.87. The van der Waals surface area contributed by atoms with Crippen LogP contribution in [0.3, 0.4) is 0 Å². The van der Waals surface area contributed by atoms with E-state index in [-0.39, 0.29) is 29.1 Å². The number of likely N-dealkylation sites (N-methyl/N-ethyl adjacent to an activating group) is 1. The number of nitrogens with zero attached hydrogens (tertiary/aromatic N) is 3. The quantitative estimate of drug-likeness (QED) is 0.171. The zero-order valence-electron chi connectivity index (χ0n) is 23.4. The van der Waals surface area contributed by atoms with Gasteiger partial charge in [0.1, 0.15) is 17.8 Å². The molecule has 1 aromatic heterocycles. The molecule has 0 radical (unpaired) electrons. The van der Waals surface area contributed by atoms with Gasteiger partial charge < -0.3 is 31.7 Å². The number of rotatable bonds is 14. The lowest BCUT2D eigenvalue weighted by Crippen LogP contribution is -2.55. The van der Waals surface area contributed by atoms with Gasteiger partial charge in [-0.3, -0.25) is 14.9 Å². The third kappa shape index (κ3) is 7.99. The first kappa shape index (κ1) is 29.9. The van der Waals surface area contributed by atoms with Crippen LogP contribution >= 0.6 is 0 Å². The van der Waals surface area contributed by atoms with Crippen LogP contribution in [0.2, 0.25) is 0 Å². The van der Waals surface area contributed by atoms with Gasteiger partial charge in [0.2, 0.25) is 5.91 Å². The predicted molar refractivity (Wildman–Crippen MR) is 156 cm³/mol. The first-order valence-corrected chi connectivity index (χ1v) is 15.0. The minimum atomic E-state index is -1.13. The van der Waals surface area contributed by atoms with Crippen molar-refractivity contribution in [2.75, 3.05) is 44.0 Å². The molecule has 220 valence electrons. The Balaban J connectivity index is 1.32. The van der Waals surface area contributed by atoms with Crippen LogP contribution in [0.1, 0.15) is 46.0 Å². The van der Waals surface area contributed by atoms with Crippen molar-refractivity contribution in [1.29, 1.82) is 0 Å². The van der Waals surface area contributed by atoms with E-state index in [9.17, 15) is 13.8 Å². The second-order valence-electron chi connectivity index (χ2n) is 10.1. The second-order valence-corrected chi connectivity index (χ2v) is 11.9. The Morgan fingerprint density at radius 3 is 2.67 bits per heavy atom. The molecule has 13 nitrogen and oxygen atoms in total. The molecule has 1 saturated carbocycles. The minimum absolute atomic E-state index is 0.137. The van der Waals surface area contributed by atoms with Crippen LogP contribution in [-0.2, 0) is 25.3 Å². The lowest BCUT2D eigenvalue weighted by molar-refractivity contribution is -0.124. The maximum Gasteiger partial charge on any atom is 0.271 e. The van der Waals surface area contributed by atoms with Crippen LogP contribution in [-0.4, -0.2) is 87.9 Å². The number of amides is 2. The van der Waals surface area contributed by atoms with Gasteiger partial charge in [-0.15, -0.1) is 0 Å². The monoisotopic (exact) mass is 575 g/mol. The van der Waals surface area contributed by atoms with Crippen molar-refractivity contribution in [3.8, 4) is 0 Å². The number of aromatic nitrogens is 1. The number of ether oxygens (including phenoxy) is 1. The lowest BCUT2D eigenvalue weighted by Gasteiger charge is -2.33. The summed E-state index contributed by atoms with van der Waals surface area (Å²) in [6, 6.07) is 3.37. The van der Waals surface area contributed by atoms with Crippen LogP contribution in [0.15, 0.2) is 34.8 Å². The molecule has 14 heteroatoms. The van der Waals surface area contributed by atoms with Crippen molar-refractivity contribution < 1.29 is 18.5 Å². The van der Waals surface area contributed by atoms with Crippen LogP contribution in [0, 0.1) is 0 Å². The molecule has 1 aliphatic carbocycles. The van der Waals surface area contributed by atoms with E-state index in [0.717, 1.165) is 31.4 Å². The van der Waals surface area contributed by atoms with Gasteiger partial charge in [-0.2, -0.15) is 0 Å². The SMILES string of the molecule is CCC1=NC(C(N)=O)=C(Nc2ccnc(NCCNC(=O)[C@H](C)N(C)S(=O)C3CC3)c2)NC1NC1CCOCC1. The minimum Gasteiger partial charge on any atom is -0.381 e. The van der Waals surface area contributed by atoms with E-state index in [1.807, 2.05) is 6.92 Å². The van der Waals surface area contributed by atoms with Gasteiger partial charge in [-0.1, -0.05) is 6.92 Å². The summed E-state index contributed by atoms with van der Waals surface area (Å²) in [6.45, 7) is 5.99. The molecule has 2 amide bonds. The van der Waals surface area contributed by atoms with Gasteiger partial charge in [0.25, 0.3) is 5.91 Å². The highest BCUT2D eigenvalue weighted by atomic mass is 32.2. The van der Waals surface area contributed by atoms with Crippen molar-refractivity contribution in [2.24, 2.45) is 10.7 Å². The average molecular weight is 576 g/mol. The average Bonchev–Trinajstić information content (AvgIpc) is 3.80. The molecule has 3 aliphatic rings. The molecule has 3 heterocycles. The highest BCUT2D eigenvalue weighted by Crippen LogP contribution is 2.28. The summed E-state index contributed by atoms with van der Waals surface area (Å²) < 4.78 is 19.4. The van der Waals surface area contributed by atoms with E-state index in [1.54, 1.807) is 36.6 Å². The summed E-state index contributed by atoms with van der Waals surface area (Å²) in [5.74, 6) is 0.201. The molecule has 1 saturated heterocycles. The molecule has 40 heavy (non-hydrogen) atoms. The second kappa shape index (κ2) is 14.0. The van der Waals surface area contributed by atoms with Crippen molar-refractivity contribution in [3.63, 3.8) is 0 Å². The lowest BCUT2D eigenvalue weighted by atomic mass is 10.1. The van der Waals surface area contributed by atoms with Crippen molar-refractivity contribution in [2.45, 2.75) is 69.5 Å². The molecule has 2 unspecified atom stereocenters. The molecule has 0 aromatic carbocycles. The molecule has 4 rings (SSSR count). The topological polar surface area (TPSA) is 175 Å². The van der Waals surface area contributed by atoms with Gasteiger partial charge in [0.05, 0.1) is 22.7 Å². The normalized spacial score (nSPS) is 21.3. The number of anilines is 2. The summed E-state index contributed by atoms with van der Waals surface area (Å²) in [6.07, 6.45) is 5.76. The van der Waals surface area contributed by atoms with Gasteiger partial charge >= 0.3 is 0 Å². The molecule has 2 fully saturated rings. The summed E-state index contributed by atoms with van der Waals surface area (Å²) in [5.41, 5.74) is 7.29. The van der Waals surface area contributed by atoms with Crippen LogP contribution < -0.4 is 32.3 Å². The van der Waals surface area contributed by atoms with Gasteiger partial charge in [-0.05, 0) is 45.1 Å². The molecule has 0 spiro atoms. The maximum absolute atomic E-state index is 12.5. The Kier molecular flexibility index (Phi) is 10.5. The summed E-state index contributed by atoms with van der Waals surface area (Å²) in [4.78, 5) is 33.6. The Morgan fingerprint density at radius 2 is 2.00 bits per heavy atom. The Morgan fingerprint density at radius 1 is 1.25 bits per heavy atom. The van der Waals surface area contributed by atoms with Crippen LogP contribution in [0.4, 0.5) is 11.5 Å². The Labute approximate surface area is 237 Å². The van der Waals surface area contributed by atoms with Crippen molar-refractivity contribution in [1.82, 2.24) is 25.2 Å². The van der Waals surface area contributed by atoms with E-state index in [1.165, 1.54) is 0 Å². The number of primary amides is 1. The van der Waals surface area contributed by atoms with Crippen molar-refractivity contribution >= 4 is 40.0 Å². The fraction of sp³-hybridized carbons (Fsp3) is 0.615. The molecule has 0 bridgehead atoms. The van der Waals surface area contributed by atoms with Gasteiger partial charge in [0.15, 0.2) is 5.70 Å². The number of hydrogen-bond acceptors (Lipinski definition) is 10. The van der Waals surface area contributed by atoms with Crippen molar-refractivity contribution in [3.05, 3.63) is 29.8 Å². The number of nitrogens with two attached hydrogens (primary N) is 1. The molecular formula is C26H41N9O4S. The van der Waals surface area contributed by atoms with E-state index < -0.39 is 22.9 Å². The molecule has 2 aliphatic heterocycles. The van der Waals surface area contributed by atoms with E-state index >= 15 is 0 Å². The molecule has 3 atom stereocenters. The number of hydrogen-bond donors (Lipinski definition) is 6. The summed E-state index contributed by atoms with van der Waals surface area (Å²) in [7, 11) is 0.592. The smallest absolute Gasteiger partial charge is 0.271 e. The third-order valence-corrected chi connectivity index (χ3v) is 9.04. The zero-order chi connectivity index (χ0) is 28.6. The Hall–Kier alpha value is -3.07. The molecule has 7 N–H and O–H groups in total. The maximum atomic E-state index is 12.5. The van der Waals surface area contributed by atoms with Crippen LogP contribution in [0.25, 0.3) is 0 Å². The number of pyridine rings is 1. The first-order valence-electron chi connectivity index (χ1n) is 13.9. The van der Waals surface area contributed by atoms with E-state index in [4.69, 9.17) is 10.5 Å². The predicted octanol–water partition coefficient (Wildman–Crippen LogP) is 0.371. The Bertz CT molecular complexity index is 1150. The molecular weight excluding hydrogens is 534 g/mol. The standard InChI is InChI=1S/C26H41N9O4S/c1-4-20-24(31-17-8-13-39-14-9-17)34-25(22(33-20)23(27)36)32-18-7-10-28-21(15-18)29-11-12-30-26(37)16(2)35(3)40(38)19-5-6-19/h7,10,15-17,19,24,31,34H,4-6,8-9,11-14H2,1-3H3,(H2,27,36)(H,30,37)(H2,28,29,32)/t16-,24?,40?/m0/s1. The highest BCUT2D eigenvalue weighted by molar-refractivity contribution is 7.83. The number of carbonyl (C=O) groups excluding carboxylic acids is 2. The third-order valence-electron chi connectivity index (χ3n) is 7.11. The largest absolute Gasteiger partial charge is 0.381 e. The van der Waals surface area contributed by atoms with E-state index in [2.05, 4.69) is 36.6 Å². The number of nitrogens with one attached hydrogen (secondary N) is 5. The molecule has 1 aromatic rings.